The van der Waals surface area contributed by atoms with Crippen LogP contribution >= 0.6 is 0 Å². The Bertz CT molecular complexity index is 482. The predicted octanol–water partition coefficient (Wildman–Crippen LogP) is 3.14. The quantitative estimate of drug-likeness (QED) is 0.834. The monoisotopic (exact) mass is 257 g/mol. The smallest absolute Gasteiger partial charge is 0.0638 e. The van der Waals surface area contributed by atoms with E-state index in [2.05, 4.69) is 66.6 Å². The van der Waals surface area contributed by atoms with Crippen molar-refractivity contribution in [3.8, 4) is 0 Å². The molecule has 1 aromatic carbocycles. The number of benzene rings is 1. The minimum Gasteiger partial charge on any atom is -0.310 e. The summed E-state index contributed by atoms with van der Waals surface area (Å²) in [6.07, 6.45) is 2.28. The van der Waals surface area contributed by atoms with E-state index in [9.17, 15) is 0 Å². The van der Waals surface area contributed by atoms with Crippen LogP contribution in [0, 0.1) is 13.8 Å². The van der Waals surface area contributed by atoms with E-state index in [1.54, 1.807) is 0 Å². The second-order valence-corrected chi connectivity index (χ2v) is 5.22. The molecule has 0 saturated heterocycles. The Morgan fingerprint density at radius 3 is 2.58 bits per heavy atom. The average Bonchev–Trinajstić information content (AvgIpc) is 2.75. The largest absolute Gasteiger partial charge is 0.310 e. The zero-order valence-corrected chi connectivity index (χ0v) is 12.0. The van der Waals surface area contributed by atoms with Crippen LogP contribution in [-0.4, -0.2) is 16.2 Å². The lowest BCUT2D eigenvalue weighted by Crippen LogP contribution is -2.26. The second kappa shape index (κ2) is 6.53. The number of aryl methyl sites for hydroxylation is 3. The number of rotatable bonds is 6. The lowest BCUT2D eigenvalue weighted by molar-refractivity contribution is 0.512. The first-order valence-corrected chi connectivity index (χ1v) is 6.94. The molecule has 0 fully saturated rings. The molecule has 0 aliphatic heterocycles. The molecular formula is C16H23N3. The normalized spacial score (nSPS) is 12.6. The van der Waals surface area contributed by atoms with Crippen LogP contribution in [-0.2, 0) is 13.0 Å². The van der Waals surface area contributed by atoms with Crippen LogP contribution in [0.1, 0.15) is 35.9 Å². The summed E-state index contributed by atoms with van der Waals surface area (Å²) in [7, 11) is 0. The summed E-state index contributed by atoms with van der Waals surface area (Å²) < 4.78 is 0. The van der Waals surface area contributed by atoms with Gasteiger partial charge in [0.2, 0.25) is 0 Å². The Morgan fingerprint density at radius 1 is 1.21 bits per heavy atom. The molecule has 1 atom stereocenters. The van der Waals surface area contributed by atoms with Crippen molar-refractivity contribution in [2.75, 3.05) is 0 Å². The third-order valence-electron chi connectivity index (χ3n) is 3.62. The highest BCUT2D eigenvalue weighted by Gasteiger charge is 2.08. The van der Waals surface area contributed by atoms with E-state index < -0.39 is 0 Å². The van der Waals surface area contributed by atoms with Crippen LogP contribution < -0.4 is 5.32 Å². The fourth-order valence-corrected chi connectivity index (χ4v) is 2.24. The Labute approximate surface area is 115 Å². The van der Waals surface area contributed by atoms with Gasteiger partial charge in [0.1, 0.15) is 0 Å². The molecule has 0 aliphatic carbocycles. The molecule has 0 aliphatic rings. The van der Waals surface area contributed by atoms with E-state index in [1.165, 1.54) is 16.8 Å². The maximum absolute atomic E-state index is 4.22. The molecule has 3 heteroatoms. The molecule has 2 aromatic rings. The standard InChI is InChI=1S/C16H23N3/c1-12(9-10-15-7-5-4-6-8-15)17-11-16-13(2)18-19-14(16)3/h4-8,12,17H,9-11H2,1-3H3,(H,18,19). The van der Waals surface area contributed by atoms with Gasteiger partial charge >= 0.3 is 0 Å². The highest BCUT2D eigenvalue weighted by molar-refractivity contribution is 5.22. The molecule has 1 aromatic heterocycles. The SMILES string of the molecule is Cc1n[nH]c(C)c1CNC(C)CCc1ccccc1. The third kappa shape index (κ3) is 3.93. The fraction of sp³-hybridized carbons (Fsp3) is 0.438. The number of nitrogens with zero attached hydrogens (tertiary/aromatic N) is 1. The molecule has 102 valence electrons. The first kappa shape index (κ1) is 13.8. The summed E-state index contributed by atoms with van der Waals surface area (Å²) in [5.74, 6) is 0. The molecule has 2 N–H and O–H groups in total. The molecule has 0 spiro atoms. The summed E-state index contributed by atoms with van der Waals surface area (Å²) in [5, 5.41) is 10.8. The Kier molecular flexibility index (Phi) is 4.74. The first-order chi connectivity index (χ1) is 9.16. The van der Waals surface area contributed by atoms with Crippen molar-refractivity contribution in [1.29, 1.82) is 0 Å². The van der Waals surface area contributed by atoms with Gasteiger partial charge in [-0.3, -0.25) is 5.10 Å². The van der Waals surface area contributed by atoms with Gasteiger partial charge < -0.3 is 5.32 Å². The van der Waals surface area contributed by atoms with Gasteiger partial charge in [0, 0.05) is 23.8 Å². The number of H-pyrrole nitrogens is 1. The number of aromatic amines is 1. The van der Waals surface area contributed by atoms with E-state index in [0.29, 0.717) is 6.04 Å². The van der Waals surface area contributed by atoms with Crippen LogP contribution in [0.4, 0.5) is 0 Å². The van der Waals surface area contributed by atoms with Gasteiger partial charge in [-0.05, 0) is 39.2 Å². The molecule has 1 unspecified atom stereocenters. The van der Waals surface area contributed by atoms with Crippen molar-refractivity contribution in [3.05, 3.63) is 52.8 Å². The topological polar surface area (TPSA) is 40.7 Å². The first-order valence-electron chi connectivity index (χ1n) is 6.94. The van der Waals surface area contributed by atoms with E-state index in [-0.39, 0.29) is 0 Å². The number of nitrogens with one attached hydrogen (secondary N) is 2. The van der Waals surface area contributed by atoms with Crippen molar-refractivity contribution in [1.82, 2.24) is 15.5 Å². The molecule has 19 heavy (non-hydrogen) atoms. The highest BCUT2D eigenvalue weighted by Crippen LogP contribution is 2.10. The molecular weight excluding hydrogens is 234 g/mol. The van der Waals surface area contributed by atoms with Crippen LogP contribution in [0.5, 0.6) is 0 Å². The minimum atomic E-state index is 0.508. The fourth-order valence-electron chi connectivity index (χ4n) is 2.24. The molecule has 0 saturated carbocycles. The van der Waals surface area contributed by atoms with Gasteiger partial charge in [-0.2, -0.15) is 5.10 Å². The van der Waals surface area contributed by atoms with Crippen molar-refractivity contribution in [2.24, 2.45) is 0 Å². The van der Waals surface area contributed by atoms with Crippen molar-refractivity contribution in [3.63, 3.8) is 0 Å². The maximum atomic E-state index is 4.22. The van der Waals surface area contributed by atoms with E-state index >= 15 is 0 Å². The average molecular weight is 257 g/mol. The summed E-state index contributed by atoms with van der Waals surface area (Å²) >= 11 is 0. The number of hydrogen-bond donors (Lipinski definition) is 2. The zero-order valence-electron chi connectivity index (χ0n) is 12.0. The van der Waals surface area contributed by atoms with Gasteiger partial charge in [-0.15, -0.1) is 0 Å². The Morgan fingerprint density at radius 2 is 1.95 bits per heavy atom. The van der Waals surface area contributed by atoms with Crippen LogP contribution in [0.15, 0.2) is 30.3 Å². The van der Waals surface area contributed by atoms with Gasteiger partial charge in [-0.1, -0.05) is 30.3 Å². The Hall–Kier alpha value is -1.61. The van der Waals surface area contributed by atoms with Gasteiger partial charge in [-0.25, -0.2) is 0 Å². The molecule has 3 nitrogen and oxygen atoms in total. The summed E-state index contributed by atoms with van der Waals surface area (Å²) in [6, 6.07) is 11.2. The molecule has 1 heterocycles. The summed E-state index contributed by atoms with van der Waals surface area (Å²) in [6.45, 7) is 7.26. The lowest BCUT2D eigenvalue weighted by Gasteiger charge is -2.14. The van der Waals surface area contributed by atoms with Gasteiger partial charge in [0.15, 0.2) is 0 Å². The van der Waals surface area contributed by atoms with E-state index in [4.69, 9.17) is 0 Å². The molecule has 0 bridgehead atoms. The van der Waals surface area contributed by atoms with Gasteiger partial charge in [0.05, 0.1) is 5.69 Å². The van der Waals surface area contributed by atoms with Crippen molar-refractivity contribution >= 4 is 0 Å². The minimum absolute atomic E-state index is 0.508. The lowest BCUT2D eigenvalue weighted by atomic mass is 10.1. The number of aromatic nitrogens is 2. The van der Waals surface area contributed by atoms with Crippen LogP contribution in [0.3, 0.4) is 0 Å². The number of hydrogen-bond acceptors (Lipinski definition) is 2. The third-order valence-corrected chi connectivity index (χ3v) is 3.62. The van der Waals surface area contributed by atoms with Crippen molar-refractivity contribution < 1.29 is 0 Å². The zero-order chi connectivity index (χ0) is 13.7. The summed E-state index contributed by atoms with van der Waals surface area (Å²) in [4.78, 5) is 0. The molecule has 2 rings (SSSR count). The summed E-state index contributed by atoms with van der Waals surface area (Å²) in [5.41, 5.74) is 4.97. The van der Waals surface area contributed by atoms with E-state index in [1.807, 2.05) is 0 Å². The molecule has 0 amide bonds. The predicted molar refractivity (Wildman–Crippen MR) is 79.1 cm³/mol. The highest BCUT2D eigenvalue weighted by atomic mass is 15.1. The Balaban J connectivity index is 1.77. The van der Waals surface area contributed by atoms with Crippen molar-refractivity contribution in [2.45, 2.75) is 46.2 Å². The van der Waals surface area contributed by atoms with Gasteiger partial charge in [0.25, 0.3) is 0 Å². The second-order valence-electron chi connectivity index (χ2n) is 5.22. The molecule has 0 radical (unpaired) electrons. The van der Waals surface area contributed by atoms with E-state index in [0.717, 1.165) is 25.1 Å². The van der Waals surface area contributed by atoms with Crippen LogP contribution in [0.2, 0.25) is 0 Å². The maximum Gasteiger partial charge on any atom is 0.0638 e. The van der Waals surface area contributed by atoms with Crippen LogP contribution in [0.25, 0.3) is 0 Å².